The van der Waals surface area contributed by atoms with Crippen molar-refractivity contribution in [2.24, 2.45) is 5.73 Å². The Balaban J connectivity index is 3.45. The van der Waals surface area contributed by atoms with Gasteiger partial charge in [0.05, 0.1) is 18.2 Å². The van der Waals surface area contributed by atoms with Crippen LogP contribution in [0.5, 0.6) is 0 Å². The van der Waals surface area contributed by atoms with E-state index in [1.165, 1.54) is 0 Å². The molecule has 3 nitrogen and oxygen atoms in total. The molecule has 0 aromatic rings. The molecule has 1 atom stereocenters. The smallest absolute Gasteiger partial charge is 0.139 e. The highest BCUT2D eigenvalue weighted by Crippen LogP contribution is 2.05. The van der Waals surface area contributed by atoms with E-state index >= 15 is 0 Å². The average Bonchev–Trinajstić information content (AvgIpc) is 1.81. The first-order chi connectivity index (χ1) is 4.45. The fourth-order valence-corrected chi connectivity index (χ4v) is 0.386. The summed E-state index contributed by atoms with van der Waals surface area (Å²) in [4.78, 5) is 10.0. The minimum absolute atomic E-state index is 0.208. The van der Waals surface area contributed by atoms with E-state index in [4.69, 9.17) is 10.5 Å². The number of rotatable bonds is 3. The standard InChI is InChI=1S/C7H15NO2/c1-7(2,3)10-5-6(8)4-9/h4,6H,5,8H2,1-3H3/t6-/m1/s1. The van der Waals surface area contributed by atoms with Crippen LogP contribution in [-0.2, 0) is 9.53 Å². The molecule has 3 heteroatoms. The predicted molar refractivity (Wildman–Crippen MR) is 39.7 cm³/mol. The van der Waals surface area contributed by atoms with Gasteiger partial charge in [-0.1, -0.05) is 0 Å². The average molecular weight is 145 g/mol. The third-order valence-electron chi connectivity index (χ3n) is 0.884. The quantitative estimate of drug-likeness (QED) is 0.582. The molecule has 60 valence electrons. The Morgan fingerprint density at radius 3 is 2.40 bits per heavy atom. The molecule has 0 aliphatic rings. The topological polar surface area (TPSA) is 52.3 Å². The minimum atomic E-state index is -0.487. The Morgan fingerprint density at radius 1 is 1.60 bits per heavy atom. The van der Waals surface area contributed by atoms with E-state index in [1.54, 1.807) is 0 Å². The third-order valence-corrected chi connectivity index (χ3v) is 0.884. The monoisotopic (exact) mass is 145 g/mol. The van der Waals surface area contributed by atoms with Gasteiger partial charge >= 0.3 is 0 Å². The molecule has 0 aliphatic heterocycles. The van der Waals surface area contributed by atoms with Crippen molar-refractivity contribution < 1.29 is 9.53 Å². The van der Waals surface area contributed by atoms with Crippen molar-refractivity contribution in [3.8, 4) is 0 Å². The lowest BCUT2D eigenvalue weighted by molar-refractivity contribution is -0.111. The molecule has 0 spiro atoms. The van der Waals surface area contributed by atoms with Crippen LogP contribution in [0.2, 0.25) is 0 Å². The van der Waals surface area contributed by atoms with Crippen molar-refractivity contribution in [1.29, 1.82) is 0 Å². The van der Waals surface area contributed by atoms with Gasteiger partial charge in [-0.05, 0) is 20.8 Å². The van der Waals surface area contributed by atoms with Gasteiger partial charge in [0.25, 0.3) is 0 Å². The Bertz CT molecular complexity index is 107. The van der Waals surface area contributed by atoms with Crippen molar-refractivity contribution in [1.82, 2.24) is 0 Å². The van der Waals surface area contributed by atoms with Crippen LogP contribution in [-0.4, -0.2) is 24.5 Å². The summed E-state index contributed by atoms with van der Waals surface area (Å²) in [7, 11) is 0. The van der Waals surface area contributed by atoms with Gasteiger partial charge in [0.15, 0.2) is 0 Å². The van der Waals surface area contributed by atoms with Crippen LogP contribution in [0.25, 0.3) is 0 Å². The fourth-order valence-electron chi connectivity index (χ4n) is 0.386. The molecular formula is C7H15NO2. The summed E-state index contributed by atoms with van der Waals surface area (Å²) in [6, 6.07) is -0.487. The maximum atomic E-state index is 10.0. The molecular weight excluding hydrogens is 130 g/mol. The van der Waals surface area contributed by atoms with Gasteiger partial charge < -0.3 is 15.3 Å². The summed E-state index contributed by atoms with van der Waals surface area (Å²) in [5.74, 6) is 0. The first kappa shape index (κ1) is 9.59. The zero-order valence-electron chi connectivity index (χ0n) is 6.76. The van der Waals surface area contributed by atoms with E-state index in [0.29, 0.717) is 12.9 Å². The van der Waals surface area contributed by atoms with Gasteiger partial charge in [-0.15, -0.1) is 0 Å². The van der Waals surface area contributed by atoms with E-state index in [1.807, 2.05) is 20.8 Å². The van der Waals surface area contributed by atoms with Crippen molar-refractivity contribution >= 4 is 6.29 Å². The van der Waals surface area contributed by atoms with Gasteiger partial charge in [-0.25, -0.2) is 0 Å². The van der Waals surface area contributed by atoms with E-state index in [-0.39, 0.29) is 5.60 Å². The van der Waals surface area contributed by atoms with Crippen molar-refractivity contribution in [3.63, 3.8) is 0 Å². The number of hydrogen-bond acceptors (Lipinski definition) is 3. The first-order valence-electron chi connectivity index (χ1n) is 3.30. The van der Waals surface area contributed by atoms with Crippen LogP contribution in [0.3, 0.4) is 0 Å². The second-order valence-electron chi connectivity index (χ2n) is 3.22. The molecule has 0 saturated carbocycles. The zero-order valence-corrected chi connectivity index (χ0v) is 6.76. The molecule has 0 bridgehead atoms. The van der Waals surface area contributed by atoms with Crippen molar-refractivity contribution in [3.05, 3.63) is 0 Å². The maximum absolute atomic E-state index is 10.0. The SMILES string of the molecule is CC(C)(C)OC[C@H](N)C=O. The highest BCUT2D eigenvalue weighted by molar-refractivity contribution is 5.57. The number of carbonyl (C=O) groups excluding carboxylic acids is 1. The van der Waals surface area contributed by atoms with Crippen molar-refractivity contribution in [2.45, 2.75) is 32.4 Å². The number of ether oxygens (including phenoxy) is 1. The Labute approximate surface area is 61.5 Å². The van der Waals surface area contributed by atoms with E-state index in [2.05, 4.69) is 0 Å². The van der Waals surface area contributed by atoms with Crippen molar-refractivity contribution in [2.75, 3.05) is 6.61 Å². The van der Waals surface area contributed by atoms with Crippen LogP contribution in [0.1, 0.15) is 20.8 Å². The number of carbonyl (C=O) groups is 1. The van der Waals surface area contributed by atoms with Gasteiger partial charge in [-0.3, -0.25) is 0 Å². The Hall–Kier alpha value is -0.410. The first-order valence-corrected chi connectivity index (χ1v) is 3.30. The summed E-state index contributed by atoms with van der Waals surface area (Å²) >= 11 is 0. The molecule has 10 heavy (non-hydrogen) atoms. The van der Waals surface area contributed by atoms with E-state index in [0.717, 1.165) is 0 Å². The van der Waals surface area contributed by atoms with Crippen LogP contribution in [0, 0.1) is 0 Å². The Kier molecular flexibility index (Phi) is 3.53. The van der Waals surface area contributed by atoms with Gasteiger partial charge in [0, 0.05) is 0 Å². The summed E-state index contributed by atoms with van der Waals surface area (Å²) in [6.07, 6.45) is 0.686. The molecule has 0 fully saturated rings. The lowest BCUT2D eigenvalue weighted by Gasteiger charge is -2.20. The van der Waals surface area contributed by atoms with Gasteiger partial charge in [0.1, 0.15) is 6.29 Å². The lowest BCUT2D eigenvalue weighted by Crippen LogP contribution is -2.32. The molecule has 0 aromatic carbocycles. The minimum Gasteiger partial charge on any atom is -0.374 e. The highest BCUT2D eigenvalue weighted by Gasteiger charge is 2.11. The molecule has 0 aromatic heterocycles. The van der Waals surface area contributed by atoms with Crippen LogP contribution in [0.4, 0.5) is 0 Å². The second kappa shape index (κ2) is 3.68. The fraction of sp³-hybridized carbons (Fsp3) is 0.857. The molecule has 0 saturated heterocycles. The van der Waals surface area contributed by atoms with E-state index in [9.17, 15) is 4.79 Å². The highest BCUT2D eigenvalue weighted by atomic mass is 16.5. The van der Waals surface area contributed by atoms with Gasteiger partial charge in [-0.2, -0.15) is 0 Å². The van der Waals surface area contributed by atoms with Crippen LogP contribution >= 0.6 is 0 Å². The molecule has 0 rings (SSSR count). The molecule has 2 N–H and O–H groups in total. The summed E-state index contributed by atoms with van der Waals surface area (Å²) in [5.41, 5.74) is 5.08. The number of aldehydes is 1. The van der Waals surface area contributed by atoms with E-state index < -0.39 is 6.04 Å². The normalized spacial score (nSPS) is 14.8. The molecule has 0 aliphatic carbocycles. The number of nitrogens with two attached hydrogens (primary N) is 1. The summed E-state index contributed by atoms with van der Waals surface area (Å²) < 4.78 is 5.23. The van der Waals surface area contributed by atoms with Crippen LogP contribution < -0.4 is 5.73 Å². The largest absolute Gasteiger partial charge is 0.374 e. The second-order valence-corrected chi connectivity index (χ2v) is 3.22. The summed E-state index contributed by atoms with van der Waals surface area (Å²) in [6.45, 7) is 6.06. The zero-order chi connectivity index (χ0) is 8.20. The van der Waals surface area contributed by atoms with Gasteiger partial charge in [0.2, 0.25) is 0 Å². The molecule has 0 heterocycles. The molecule has 0 amide bonds. The maximum Gasteiger partial charge on any atom is 0.139 e. The predicted octanol–water partition coefficient (Wildman–Crippen LogP) is 0.328. The number of hydrogen-bond donors (Lipinski definition) is 1. The molecule has 0 radical (unpaired) electrons. The molecule has 0 unspecified atom stereocenters. The summed E-state index contributed by atoms with van der Waals surface area (Å²) in [5, 5.41) is 0. The van der Waals surface area contributed by atoms with Crippen LogP contribution in [0.15, 0.2) is 0 Å². The third kappa shape index (κ3) is 5.72. The lowest BCUT2D eigenvalue weighted by atomic mass is 10.2. The Morgan fingerprint density at radius 2 is 2.10 bits per heavy atom.